The Morgan fingerprint density at radius 2 is 1.06 bits per heavy atom. The molecule has 4 rings (SSSR count). The van der Waals surface area contributed by atoms with Gasteiger partial charge in [0, 0.05) is 24.2 Å². The summed E-state index contributed by atoms with van der Waals surface area (Å²) in [7, 11) is 3.01. The molecular formula is C36H42Cl2N6O6. The first kappa shape index (κ1) is 38.2. The lowest BCUT2D eigenvalue weighted by atomic mass is 9.92. The maximum absolute atomic E-state index is 11.4. The van der Waals surface area contributed by atoms with Gasteiger partial charge in [-0.05, 0) is 73.2 Å². The second-order valence-corrected chi connectivity index (χ2v) is 12.5. The number of methoxy groups -OCH3 is 2. The lowest BCUT2D eigenvalue weighted by Gasteiger charge is -2.18. The zero-order chi connectivity index (χ0) is 36.5. The molecule has 6 N–H and O–H groups in total. The average Bonchev–Trinajstić information content (AvgIpc) is 3.09. The molecule has 4 aromatic rings. The number of carbonyl (C=O) groups is 2. The van der Waals surface area contributed by atoms with Crippen molar-refractivity contribution >= 4 is 35.0 Å². The summed E-state index contributed by atoms with van der Waals surface area (Å²) in [4.78, 5) is 31.7. The lowest BCUT2D eigenvalue weighted by Crippen LogP contribution is -2.38. The zero-order valence-electron chi connectivity index (χ0n) is 28.9. The fourth-order valence-electron chi connectivity index (χ4n) is 5.08. The molecule has 2 heterocycles. The first-order chi connectivity index (χ1) is 23.8. The number of nitrogens with one attached hydrogen (secondary N) is 2. The monoisotopic (exact) mass is 724 g/mol. The van der Waals surface area contributed by atoms with E-state index >= 15 is 0 Å². The number of benzene rings is 2. The van der Waals surface area contributed by atoms with Gasteiger partial charge in [-0.1, -0.05) is 59.6 Å². The van der Waals surface area contributed by atoms with E-state index in [1.807, 2.05) is 38.1 Å². The lowest BCUT2D eigenvalue weighted by molar-refractivity contribution is -0.120. The van der Waals surface area contributed by atoms with E-state index in [0.29, 0.717) is 32.9 Å². The number of halogens is 2. The van der Waals surface area contributed by atoms with E-state index in [-0.39, 0.29) is 38.1 Å². The van der Waals surface area contributed by atoms with Crippen molar-refractivity contribution in [2.45, 2.75) is 66.1 Å². The minimum Gasteiger partial charge on any atom is -0.481 e. The highest BCUT2D eigenvalue weighted by atomic mass is 35.5. The Bertz CT molecular complexity index is 1720. The summed E-state index contributed by atoms with van der Waals surface area (Å²) in [6.45, 7) is 8.42. The Morgan fingerprint density at radius 1 is 0.680 bits per heavy atom. The number of nitrogens with two attached hydrogens (primary N) is 2. The van der Waals surface area contributed by atoms with Crippen LogP contribution in [0.1, 0.15) is 47.2 Å². The van der Waals surface area contributed by atoms with Crippen LogP contribution in [0.3, 0.4) is 0 Å². The number of primary amides is 2. The van der Waals surface area contributed by atoms with Gasteiger partial charge in [0.15, 0.2) is 0 Å². The Hall–Kier alpha value is -4.62. The number of hydrogen-bond acceptors (Lipinski definition) is 10. The van der Waals surface area contributed by atoms with Crippen LogP contribution in [0.4, 0.5) is 0 Å². The standard InChI is InChI=1S/C36H42Cl2N6O6/c1-19-23(17-49-35-29(37)13-25(33(43-35)47-5)15-41-21(3)31(39)45)9-7-11-27(19)28-12-8-10-24(20(28)2)18-50-36-30(38)14-26(34(44-36)48-6)16-42-22(4)32(40)46/h7-14,21-22,41-42H,15-18H2,1-6H3,(H2,39,45)(H2,40,46)/t21-,22-/m0/s1. The SMILES string of the molecule is COc1nc(OCc2cccc(-c3cccc(COc4nc(OC)c(CN[C@@H](C)C(N)=O)cc4Cl)c3C)c2C)c(Cl)cc1CN[C@@H](C)C(N)=O. The summed E-state index contributed by atoms with van der Waals surface area (Å²) in [5.41, 5.74) is 18.0. The number of rotatable bonds is 17. The highest BCUT2D eigenvalue weighted by Crippen LogP contribution is 2.34. The maximum Gasteiger partial charge on any atom is 0.236 e. The molecular weight excluding hydrogens is 683 g/mol. The van der Waals surface area contributed by atoms with Crippen LogP contribution in [0.25, 0.3) is 11.1 Å². The van der Waals surface area contributed by atoms with Crippen LogP contribution < -0.4 is 41.0 Å². The molecule has 0 fully saturated rings. The Kier molecular flexibility index (Phi) is 13.3. The van der Waals surface area contributed by atoms with Crippen molar-refractivity contribution in [3.8, 4) is 34.6 Å². The Labute approximate surface area is 301 Å². The van der Waals surface area contributed by atoms with Gasteiger partial charge in [-0.15, -0.1) is 0 Å². The summed E-state index contributed by atoms with van der Waals surface area (Å²) in [6, 6.07) is 14.4. The molecule has 0 aliphatic heterocycles. The number of aromatic nitrogens is 2. The topological polar surface area (TPSA) is 173 Å². The smallest absolute Gasteiger partial charge is 0.236 e. The van der Waals surface area contributed by atoms with Gasteiger partial charge < -0.3 is 41.0 Å². The quantitative estimate of drug-likeness (QED) is 0.114. The van der Waals surface area contributed by atoms with Crippen LogP contribution in [0.5, 0.6) is 23.5 Å². The highest BCUT2D eigenvalue weighted by molar-refractivity contribution is 6.32. The van der Waals surface area contributed by atoms with Gasteiger partial charge in [0.05, 0.1) is 26.3 Å². The maximum atomic E-state index is 11.4. The fourth-order valence-corrected chi connectivity index (χ4v) is 5.54. The third-order valence-corrected chi connectivity index (χ3v) is 8.86. The van der Waals surface area contributed by atoms with Crippen molar-refractivity contribution in [3.63, 3.8) is 0 Å². The number of ether oxygens (including phenoxy) is 4. The van der Waals surface area contributed by atoms with Crippen molar-refractivity contribution in [2.75, 3.05) is 14.2 Å². The average molecular weight is 726 g/mol. The van der Waals surface area contributed by atoms with Gasteiger partial charge in [-0.3, -0.25) is 9.59 Å². The normalized spacial score (nSPS) is 12.2. The molecule has 2 aromatic carbocycles. The molecule has 2 atom stereocenters. The second-order valence-electron chi connectivity index (χ2n) is 11.7. The molecule has 0 spiro atoms. The van der Waals surface area contributed by atoms with E-state index in [0.717, 1.165) is 33.4 Å². The molecule has 0 radical (unpaired) electrons. The van der Waals surface area contributed by atoms with Crippen molar-refractivity contribution in [3.05, 3.63) is 92.0 Å². The first-order valence-corrected chi connectivity index (χ1v) is 16.5. The predicted molar refractivity (Wildman–Crippen MR) is 193 cm³/mol. The molecule has 2 aromatic heterocycles. The molecule has 0 saturated heterocycles. The van der Waals surface area contributed by atoms with Crippen LogP contribution in [-0.4, -0.2) is 48.1 Å². The largest absolute Gasteiger partial charge is 0.481 e. The molecule has 2 amide bonds. The van der Waals surface area contributed by atoms with Crippen LogP contribution in [0.2, 0.25) is 10.0 Å². The van der Waals surface area contributed by atoms with Crippen molar-refractivity contribution in [1.82, 2.24) is 20.6 Å². The van der Waals surface area contributed by atoms with Crippen molar-refractivity contribution < 1.29 is 28.5 Å². The Morgan fingerprint density at radius 3 is 1.40 bits per heavy atom. The zero-order valence-corrected chi connectivity index (χ0v) is 30.4. The number of carbonyl (C=O) groups excluding carboxylic acids is 2. The summed E-state index contributed by atoms with van der Waals surface area (Å²) < 4.78 is 23.1. The number of hydrogen-bond donors (Lipinski definition) is 4. The number of nitrogens with zero attached hydrogens (tertiary/aromatic N) is 2. The summed E-state index contributed by atoms with van der Waals surface area (Å²) in [5, 5.41) is 6.66. The summed E-state index contributed by atoms with van der Waals surface area (Å²) in [6.07, 6.45) is 0. The van der Waals surface area contributed by atoms with E-state index in [1.165, 1.54) is 14.2 Å². The van der Waals surface area contributed by atoms with Crippen molar-refractivity contribution in [1.29, 1.82) is 0 Å². The molecule has 0 aliphatic carbocycles. The molecule has 50 heavy (non-hydrogen) atoms. The molecule has 0 aliphatic rings. The van der Waals surface area contributed by atoms with E-state index < -0.39 is 23.9 Å². The van der Waals surface area contributed by atoms with Gasteiger partial charge >= 0.3 is 0 Å². The molecule has 14 heteroatoms. The summed E-state index contributed by atoms with van der Waals surface area (Å²) in [5.74, 6) is 0.166. The number of amides is 2. The Balaban J connectivity index is 1.49. The first-order valence-electron chi connectivity index (χ1n) is 15.8. The van der Waals surface area contributed by atoms with E-state index in [1.54, 1.807) is 26.0 Å². The fraction of sp³-hybridized carbons (Fsp3) is 0.333. The van der Waals surface area contributed by atoms with Gasteiger partial charge in [0.2, 0.25) is 35.3 Å². The van der Waals surface area contributed by atoms with Gasteiger partial charge in [-0.2, -0.15) is 9.97 Å². The molecule has 0 saturated carbocycles. The van der Waals surface area contributed by atoms with E-state index in [9.17, 15) is 9.59 Å². The minimum absolute atomic E-state index is 0.215. The third kappa shape index (κ3) is 9.33. The van der Waals surface area contributed by atoms with Crippen LogP contribution in [-0.2, 0) is 35.9 Å². The molecule has 0 bridgehead atoms. The highest BCUT2D eigenvalue weighted by Gasteiger charge is 2.18. The molecule has 12 nitrogen and oxygen atoms in total. The van der Waals surface area contributed by atoms with Crippen LogP contribution in [0, 0.1) is 13.8 Å². The molecule has 266 valence electrons. The van der Waals surface area contributed by atoms with Crippen LogP contribution >= 0.6 is 23.2 Å². The van der Waals surface area contributed by atoms with Gasteiger partial charge in [0.25, 0.3) is 0 Å². The predicted octanol–water partition coefficient (Wildman–Crippen LogP) is 5.17. The van der Waals surface area contributed by atoms with Crippen molar-refractivity contribution in [2.24, 2.45) is 11.5 Å². The van der Waals surface area contributed by atoms with Crippen LogP contribution in [0.15, 0.2) is 48.5 Å². The van der Waals surface area contributed by atoms with Gasteiger partial charge in [-0.25, -0.2) is 0 Å². The number of pyridine rings is 2. The minimum atomic E-state index is -0.534. The summed E-state index contributed by atoms with van der Waals surface area (Å²) >= 11 is 13.1. The second kappa shape index (κ2) is 17.3. The van der Waals surface area contributed by atoms with E-state index in [2.05, 4.69) is 32.7 Å². The molecule has 0 unspecified atom stereocenters. The third-order valence-electron chi connectivity index (χ3n) is 8.31. The van der Waals surface area contributed by atoms with E-state index in [4.69, 9.17) is 53.6 Å². The van der Waals surface area contributed by atoms with Gasteiger partial charge in [0.1, 0.15) is 23.3 Å².